The fourth-order valence-electron chi connectivity index (χ4n) is 4.86. The van der Waals surface area contributed by atoms with Crippen LogP contribution in [0.25, 0.3) is 0 Å². The first-order valence-corrected chi connectivity index (χ1v) is 14.9. The number of ether oxygens (including phenoxy) is 4. The van der Waals surface area contributed by atoms with Gasteiger partial charge in [-0.05, 0) is 85.5 Å². The summed E-state index contributed by atoms with van der Waals surface area (Å²) in [4.78, 5) is 37.5. The molecule has 0 amide bonds. The highest BCUT2D eigenvalue weighted by Gasteiger charge is 2.48. The standard InChI is InChI=1S/C30H54O8/c1-6-8-11-17-24(37-26-20-13-15-23-36-26)18-16-22-30(27(32)33,28(34)38-29(3,4)5)21-14-10-9-12-19-25(31)35-7-2/h24,26H,6-23H2,1-5H3,(H,32,33)/t24-,26?,30?/m0/s1. The van der Waals surface area contributed by atoms with E-state index in [1.165, 1.54) is 0 Å². The number of hydrogen-bond acceptors (Lipinski definition) is 7. The van der Waals surface area contributed by atoms with Crippen LogP contribution in [-0.2, 0) is 33.3 Å². The molecule has 8 heteroatoms. The van der Waals surface area contributed by atoms with E-state index in [1.54, 1.807) is 27.7 Å². The van der Waals surface area contributed by atoms with Crippen molar-refractivity contribution in [3.63, 3.8) is 0 Å². The molecule has 3 atom stereocenters. The Kier molecular flexibility index (Phi) is 16.8. The molecule has 1 N–H and O–H groups in total. The van der Waals surface area contributed by atoms with Gasteiger partial charge in [0.25, 0.3) is 0 Å². The van der Waals surface area contributed by atoms with Crippen LogP contribution in [0.4, 0.5) is 0 Å². The molecule has 1 rings (SSSR count). The van der Waals surface area contributed by atoms with Gasteiger partial charge in [-0.15, -0.1) is 0 Å². The molecular weight excluding hydrogens is 488 g/mol. The molecule has 0 aromatic carbocycles. The van der Waals surface area contributed by atoms with Crippen LogP contribution >= 0.6 is 0 Å². The maximum absolute atomic E-state index is 13.3. The third kappa shape index (κ3) is 13.9. The molecule has 0 radical (unpaired) electrons. The number of hydrogen-bond donors (Lipinski definition) is 1. The van der Waals surface area contributed by atoms with E-state index in [4.69, 9.17) is 18.9 Å². The van der Waals surface area contributed by atoms with Crippen molar-refractivity contribution in [1.29, 1.82) is 0 Å². The van der Waals surface area contributed by atoms with Gasteiger partial charge in [-0.1, -0.05) is 45.4 Å². The smallest absolute Gasteiger partial charge is 0.323 e. The lowest BCUT2D eigenvalue weighted by Crippen LogP contribution is -2.44. The lowest BCUT2D eigenvalue weighted by molar-refractivity contribution is -0.192. The summed E-state index contributed by atoms with van der Waals surface area (Å²) in [5, 5.41) is 10.3. The summed E-state index contributed by atoms with van der Waals surface area (Å²) in [5.74, 6) is -2.00. The van der Waals surface area contributed by atoms with E-state index in [0.29, 0.717) is 45.3 Å². The molecule has 1 aliphatic heterocycles. The first-order chi connectivity index (χ1) is 18.0. The number of unbranched alkanes of at least 4 members (excludes halogenated alkanes) is 5. The second-order valence-corrected chi connectivity index (χ2v) is 11.6. The highest BCUT2D eigenvalue weighted by Crippen LogP contribution is 2.36. The van der Waals surface area contributed by atoms with Gasteiger partial charge in [0.1, 0.15) is 5.60 Å². The average molecular weight is 543 g/mol. The van der Waals surface area contributed by atoms with Crippen molar-refractivity contribution in [1.82, 2.24) is 0 Å². The normalized spacial score (nSPS) is 18.4. The molecule has 0 aromatic heterocycles. The van der Waals surface area contributed by atoms with Crippen molar-refractivity contribution < 1.29 is 38.4 Å². The van der Waals surface area contributed by atoms with Gasteiger partial charge in [0.05, 0.1) is 12.7 Å². The summed E-state index contributed by atoms with van der Waals surface area (Å²) in [6, 6.07) is 0. The molecule has 8 nitrogen and oxygen atoms in total. The zero-order valence-electron chi connectivity index (χ0n) is 24.7. The number of rotatable bonds is 20. The Morgan fingerprint density at radius 3 is 2.21 bits per heavy atom. The van der Waals surface area contributed by atoms with Crippen LogP contribution in [0.15, 0.2) is 0 Å². The molecule has 2 unspecified atom stereocenters. The monoisotopic (exact) mass is 542 g/mol. The van der Waals surface area contributed by atoms with Crippen LogP contribution in [0, 0.1) is 5.41 Å². The molecule has 1 heterocycles. The SMILES string of the molecule is CCCCC[C@@H](CCCC(CCCCCCC(=O)OCC)(C(=O)O)C(=O)OC(C)(C)C)OC1CCCCO1. The molecule has 1 fully saturated rings. The zero-order valence-corrected chi connectivity index (χ0v) is 24.7. The zero-order chi connectivity index (χ0) is 28.4. The maximum atomic E-state index is 13.3. The topological polar surface area (TPSA) is 108 Å². The summed E-state index contributed by atoms with van der Waals surface area (Å²) in [6.07, 6.45) is 11.8. The van der Waals surface area contributed by atoms with Crippen LogP contribution < -0.4 is 0 Å². The van der Waals surface area contributed by atoms with E-state index in [1.807, 2.05) is 0 Å². The number of carboxylic acid groups (broad SMARTS) is 1. The maximum Gasteiger partial charge on any atom is 0.323 e. The van der Waals surface area contributed by atoms with E-state index < -0.39 is 23.0 Å². The number of aliphatic carboxylic acids is 1. The second-order valence-electron chi connectivity index (χ2n) is 11.6. The number of carboxylic acids is 1. The molecule has 0 saturated carbocycles. The van der Waals surface area contributed by atoms with E-state index in [-0.39, 0.29) is 31.2 Å². The lowest BCUT2D eigenvalue weighted by atomic mass is 9.77. The van der Waals surface area contributed by atoms with Crippen molar-refractivity contribution in [3.05, 3.63) is 0 Å². The van der Waals surface area contributed by atoms with E-state index in [9.17, 15) is 19.5 Å². The predicted octanol–water partition coefficient (Wildman–Crippen LogP) is 6.97. The molecule has 0 bridgehead atoms. The Hall–Kier alpha value is -1.67. The summed E-state index contributed by atoms with van der Waals surface area (Å²) in [7, 11) is 0. The van der Waals surface area contributed by atoms with E-state index in [2.05, 4.69) is 6.92 Å². The van der Waals surface area contributed by atoms with Crippen molar-refractivity contribution in [2.75, 3.05) is 13.2 Å². The van der Waals surface area contributed by atoms with Crippen LogP contribution in [0.2, 0.25) is 0 Å². The quantitative estimate of drug-likeness (QED) is 0.0998. The molecule has 1 saturated heterocycles. The summed E-state index contributed by atoms with van der Waals surface area (Å²) in [5.41, 5.74) is -2.37. The third-order valence-electron chi connectivity index (χ3n) is 6.98. The summed E-state index contributed by atoms with van der Waals surface area (Å²) < 4.78 is 22.7. The van der Waals surface area contributed by atoms with Gasteiger partial charge >= 0.3 is 17.9 Å². The van der Waals surface area contributed by atoms with Crippen LogP contribution in [0.3, 0.4) is 0 Å². The van der Waals surface area contributed by atoms with Crippen molar-refractivity contribution in [2.45, 2.75) is 155 Å². The Morgan fingerprint density at radius 2 is 1.61 bits per heavy atom. The Morgan fingerprint density at radius 1 is 0.921 bits per heavy atom. The Bertz CT molecular complexity index is 680. The third-order valence-corrected chi connectivity index (χ3v) is 6.98. The van der Waals surface area contributed by atoms with Crippen molar-refractivity contribution in [2.24, 2.45) is 5.41 Å². The summed E-state index contributed by atoms with van der Waals surface area (Å²) in [6.45, 7) is 10.3. The largest absolute Gasteiger partial charge is 0.480 e. The molecule has 0 aliphatic carbocycles. The Balaban J connectivity index is 2.81. The van der Waals surface area contributed by atoms with E-state index >= 15 is 0 Å². The molecule has 0 spiro atoms. The van der Waals surface area contributed by atoms with Crippen LogP contribution in [-0.4, -0.2) is 54.2 Å². The van der Waals surface area contributed by atoms with Gasteiger partial charge in [0.2, 0.25) is 0 Å². The lowest BCUT2D eigenvalue weighted by Gasteiger charge is -2.32. The van der Waals surface area contributed by atoms with Crippen LogP contribution in [0.5, 0.6) is 0 Å². The predicted molar refractivity (Wildman–Crippen MR) is 147 cm³/mol. The number of carbonyl (C=O) groups excluding carboxylic acids is 2. The van der Waals surface area contributed by atoms with Crippen LogP contribution in [0.1, 0.15) is 137 Å². The van der Waals surface area contributed by atoms with Gasteiger partial charge in [-0.3, -0.25) is 14.4 Å². The highest BCUT2D eigenvalue weighted by atomic mass is 16.7. The van der Waals surface area contributed by atoms with Gasteiger partial charge in [-0.2, -0.15) is 0 Å². The van der Waals surface area contributed by atoms with Gasteiger partial charge < -0.3 is 24.1 Å². The number of esters is 2. The van der Waals surface area contributed by atoms with Crippen molar-refractivity contribution in [3.8, 4) is 0 Å². The minimum atomic E-state index is -1.59. The first-order valence-electron chi connectivity index (χ1n) is 14.9. The minimum Gasteiger partial charge on any atom is -0.480 e. The highest BCUT2D eigenvalue weighted by molar-refractivity contribution is 5.99. The number of carbonyl (C=O) groups is 3. The molecular formula is C30H54O8. The van der Waals surface area contributed by atoms with Gasteiger partial charge in [0, 0.05) is 13.0 Å². The molecule has 0 aromatic rings. The van der Waals surface area contributed by atoms with Gasteiger partial charge in [-0.25, -0.2) is 0 Å². The second kappa shape index (κ2) is 18.6. The van der Waals surface area contributed by atoms with Gasteiger partial charge in [0.15, 0.2) is 11.7 Å². The Labute approximate surface area is 230 Å². The summed E-state index contributed by atoms with van der Waals surface area (Å²) >= 11 is 0. The molecule has 1 aliphatic rings. The minimum absolute atomic E-state index is 0.0161. The van der Waals surface area contributed by atoms with E-state index in [0.717, 1.165) is 57.8 Å². The first kappa shape index (κ1) is 34.4. The molecule has 38 heavy (non-hydrogen) atoms. The molecule has 222 valence electrons. The van der Waals surface area contributed by atoms with Crippen molar-refractivity contribution >= 4 is 17.9 Å². The average Bonchev–Trinajstić information content (AvgIpc) is 2.84. The fraction of sp³-hybridized carbons (Fsp3) is 0.900. The fourth-order valence-corrected chi connectivity index (χ4v) is 4.86.